The molecule has 2 N–H and O–H groups in total. The zero-order chi connectivity index (χ0) is 15.2. The van der Waals surface area contributed by atoms with Crippen LogP contribution in [0.5, 0.6) is 5.75 Å². The lowest BCUT2D eigenvalue weighted by Gasteiger charge is -2.11. The smallest absolute Gasteiger partial charge is 0.243 e. The summed E-state index contributed by atoms with van der Waals surface area (Å²) in [6.45, 7) is 0.107. The zero-order valence-electron chi connectivity index (χ0n) is 11.3. The molecule has 0 unspecified atom stereocenters. The van der Waals surface area contributed by atoms with Gasteiger partial charge in [-0.05, 0) is 36.4 Å². The third-order valence-corrected chi connectivity index (χ3v) is 3.18. The molecule has 21 heavy (non-hydrogen) atoms. The normalized spacial score (nSPS) is 10.0. The van der Waals surface area contributed by atoms with Gasteiger partial charge in [0.1, 0.15) is 5.75 Å². The molecule has 1 amide bonds. The second-order valence-corrected chi connectivity index (χ2v) is 5.13. The van der Waals surface area contributed by atoms with Crippen molar-refractivity contribution in [1.82, 2.24) is 0 Å². The van der Waals surface area contributed by atoms with E-state index >= 15 is 0 Å². The number of hydrogen-bond acceptors (Lipinski definition) is 3. The minimum atomic E-state index is -0.212. The average molecular weight is 325 g/mol. The molecule has 6 heteroatoms. The summed E-state index contributed by atoms with van der Waals surface area (Å²) in [4.78, 5) is 11.9. The number of hydrogen-bond donors (Lipinski definition) is 2. The van der Waals surface area contributed by atoms with Crippen LogP contribution in [-0.4, -0.2) is 19.6 Å². The fourth-order valence-corrected chi connectivity index (χ4v) is 2.12. The molecule has 0 aromatic heterocycles. The Morgan fingerprint density at radius 2 is 1.90 bits per heavy atom. The Balaban J connectivity index is 1.97. The van der Waals surface area contributed by atoms with Gasteiger partial charge in [0.05, 0.1) is 19.3 Å². The summed E-state index contributed by atoms with van der Waals surface area (Å²) >= 11 is 11.8. The molecular formula is C15H14Cl2N2O2. The van der Waals surface area contributed by atoms with E-state index in [0.717, 1.165) is 5.69 Å². The molecular weight excluding hydrogens is 311 g/mol. The highest BCUT2D eigenvalue weighted by molar-refractivity contribution is 6.31. The standard InChI is InChI=1S/C15H14Cl2N2O2/c1-21-14-6-5-11(17)8-13(14)19-15(20)9-18-12-4-2-3-10(16)7-12/h2-8,18H,9H2,1H3,(H,19,20). The molecule has 0 atom stereocenters. The van der Waals surface area contributed by atoms with E-state index in [-0.39, 0.29) is 12.5 Å². The van der Waals surface area contributed by atoms with Crippen LogP contribution >= 0.6 is 23.2 Å². The quantitative estimate of drug-likeness (QED) is 0.872. The molecule has 0 saturated heterocycles. The number of halogens is 2. The van der Waals surface area contributed by atoms with E-state index in [1.807, 2.05) is 12.1 Å². The Kier molecular flexibility index (Phi) is 5.31. The highest BCUT2D eigenvalue weighted by atomic mass is 35.5. The van der Waals surface area contributed by atoms with Gasteiger partial charge < -0.3 is 15.4 Å². The summed E-state index contributed by atoms with van der Waals surface area (Å²) in [5, 5.41) is 6.86. The number of anilines is 2. The van der Waals surface area contributed by atoms with Crippen molar-refractivity contribution in [3.8, 4) is 5.75 Å². The van der Waals surface area contributed by atoms with Gasteiger partial charge in [-0.3, -0.25) is 4.79 Å². The summed E-state index contributed by atoms with van der Waals surface area (Å²) in [6.07, 6.45) is 0. The molecule has 2 rings (SSSR count). The van der Waals surface area contributed by atoms with Crippen molar-refractivity contribution in [2.45, 2.75) is 0 Å². The fraction of sp³-hybridized carbons (Fsp3) is 0.133. The molecule has 110 valence electrons. The van der Waals surface area contributed by atoms with E-state index in [1.54, 1.807) is 30.3 Å². The summed E-state index contributed by atoms with van der Waals surface area (Å²) in [6, 6.07) is 12.2. The van der Waals surface area contributed by atoms with Crippen LogP contribution in [0.3, 0.4) is 0 Å². The molecule has 0 aliphatic carbocycles. The first-order valence-electron chi connectivity index (χ1n) is 6.21. The van der Waals surface area contributed by atoms with Crippen LogP contribution in [0.15, 0.2) is 42.5 Å². The summed E-state index contributed by atoms with van der Waals surface area (Å²) in [5.74, 6) is 0.339. The minimum absolute atomic E-state index is 0.107. The Hall–Kier alpha value is -1.91. The summed E-state index contributed by atoms with van der Waals surface area (Å²) in [7, 11) is 1.53. The molecule has 0 aliphatic heterocycles. The average Bonchev–Trinajstić information content (AvgIpc) is 2.45. The van der Waals surface area contributed by atoms with Crippen LogP contribution in [0.2, 0.25) is 10.0 Å². The van der Waals surface area contributed by atoms with Crippen LogP contribution in [0, 0.1) is 0 Å². The van der Waals surface area contributed by atoms with Gasteiger partial charge in [0.15, 0.2) is 0 Å². The molecule has 2 aromatic carbocycles. The first-order valence-corrected chi connectivity index (χ1v) is 6.97. The first-order chi connectivity index (χ1) is 10.1. The number of ether oxygens (including phenoxy) is 1. The van der Waals surface area contributed by atoms with Crippen molar-refractivity contribution in [3.05, 3.63) is 52.5 Å². The van der Waals surface area contributed by atoms with Crippen molar-refractivity contribution in [2.24, 2.45) is 0 Å². The van der Waals surface area contributed by atoms with Crippen molar-refractivity contribution < 1.29 is 9.53 Å². The van der Waals surface area contributed by atoms with Crippen molar-refractivity contribution in [1.29, 1.82) is 0 Å². The van der Waals surface area contributed by atoms with Crippen LogP contribution in [-0.2, 0) is 4.79 Å². The van der Waals surface area contributed by atoms with Crippen LogP contribution < -0.4 is 15.4 Å². The Labute approximate surface area is 133 Å². The molecule has 0 heterocycles. The predicted molar refractivity (Wildman–Crippen MR) is 86.6 cm³/mol. The van der Waals surface area contributed by atoms with Gasteiger partial charge in [0, 0.05) is 15.7 Å². The van der Waals surface area contributed by atoms with E-state index in [0.29, 0.717) is 21.5 Å². The van der Waals surface area contributed by atoms with E-state index < -0.39 is 0 Å². The van der Waals surface area contributed by atoms with Gasteiger partial charge in [-0.1, -0.05) is 29.3 Å². The van der Waals surface area contributed by atoms with E-state index in [2.05, 4.69) is 10.6 Å². The lowest BCUT2D eigenvalue weighted by molar-refractivity contribution is -0.114. The second kappa shape index (κ2) is 7.20. The number of benzene rings is 2. The number of carbonyl (C=O) groups is 1. The van der Waals surface area contributed by atoms with E-state index in [9.17, 15) is 4.79 Å². The molecule has 0 spiro atoms. The lowest BCUT2D eigenvalue weighted by atomic mass is 10.3. The van der Waals surface area contributed by atoms with Crippen molar-refractivity contribution in [3.63, 3.8) is 0 Å². The highest BCUT2D eigenvalue weighted by Gasteiger charge is 2.08. The second-order valence-electron chi connectivity index (χ2n) is 4.26. The number of nitrogens with one attached hydrogen (secondary N) is 2. The van der Waals surface area contributed by atoms with Crippen LogP contribution in [0.1, 0.15) is 0 Å². The SMILES string of the molecule is COc1ccc(Cl)cc1NC(=O)CNc1cccc(Cl)c1. The summed E-state index contributed by atoms with van der Waals surface area (Å²) in [5.41, 5.74) is 1.30. The summed E-state index contributed by atoms with van der Waals surface area (Å²) < 4.78 is 5.17. The largest absolute Gasteiger partial charge is 0.495 e. The maximum Gasteiger partial charge on any atom is 0.243 e. The van der Waals surface area contributed by atoms with Gasteiger partial charge in [-0.15, -0.1) is 0 Å². The van der Waals surface area contributed by atoms with Gasteiger partial charge in [0.2, 0.25) is 5.91 Å². The maximum absolute atomic E-state index is 11.9. The number of rotatable bonds is 5. The van der Waals surface area contributed by atoms with Gasteiger partial charge in [-0.25, -0.2) is 0 Å². The van der Waals surface area contributed by atoms with E-state index in [4.69, 9.17) is 27.9 Å². The van der Waals surface area contributed by atoms with Gasteiger partial charge >= 0.3 is 0 Å². The van der Waals surface area contributed by atoms with Crippen LogP contribution in [0.25, 0.3) is 0 Å². The third-order valence-electron chi connectivity index (χ3n) is 2.71. The highest BCUT2D eigenvalue weighted by Crippen LogP contribution is 2.27. The molecule has 0 aliphatic rings. The van der Waals surface area contributed by atoms with Gasteiger partial charge in [0.25, 0.3) is 0 Å². The number of amides is 1. The van der Waals surface area contributed by atoms with Gasteiger partial charge in [-0.2, -0.15) is 0 Å². The molecule has 4 nitrogen and oxygen atoms in total. The molecule has 0 saturated carbocycles. The topological polar surface area (TPSA) is 50.4 Å². The maximum atomic E-state index is 11.9. The monoisotopic (exact) mass is 324 g/mol. The van der Waals surface area contributed by atoms with Crippen LogP contribution in [0.4, 0.5) is 11.4 Å². The number of carbonyl (C=O) groups excluding carboxylic acids is 1. The molecule has 2 aromatic rings. The molecule has 0 bridgehead atoms. The Morgan fingerprint density at radius 3 is 2.62 bits per heavy atom. The number of methoxy groups -OCH3 is 1. The predicted octanol–water partition coefficient (Wildman–Crippen LogP) is 4.05. The van der Waals surface area contributed by atoms with E-state index in [1.165, 1.54) is 7.11 Å². The Morgan fingerprint density at radius 1 is 1.14 bits per heavy atom. The first kappa shape index (κ1) is 15.5. The lowest BCUT2D eigenvalue weighted by Crippen LogP contribution is -2.22. The zero-order valence-corrected chi connectivity index (χ0v) is 12.8. The van der Waals surface area contributed by atoms with Crippen molar-refractivity contribution >= 4 is 40.5 Å². The minimum Gasteiger partial charge on any atom is -0.495 e. The van der Waals surface area contributed by atoms with Crippen molar-refractivity contribution in [2.75, 3.05) is 24.3 Å². The third kappa shape index (κ3) is 4.55. The Bertz CT molecular complexity index is 647. The molecule has 0 fully saturated rings. The fourth-order valence-electron chi connectivity index (χ4n) is 1.75. The molecule has 0 radical (unpaired) electrons.